The van der Waals surface area contributed by atoms with Crippen molar-refractivity contribution in [3.63, 3.8) is 0 Å². The molecule has 0 spiro atoms. The molecule has 0 radical (unpaired) electrons. The molecule has 12 heavy (non-hydrogen) atoms. The number of hydroxylamine groups is 3. The molecule has 1 saturated heterocycles. The zero-order chi connectivity index (χ0) is 8.86. The van der Waals surface area contributed by atoms with Gasteiger partial charge in [0, 0.05) is 13.0 Å². The van der Waals surface area contributed by atoms with Gasteiger partial charge in [0.2, 0.25) is 0 Å². The Balaban J connectivity index is 2.05. The van der Waals surface area contributed by atoms with E-state index in [9.17, 15) is 5.21 Å². The van der Waals surface area contributed by atoms with Crippen molar-refractivity contribution in [2.75, 3.05) is 39.4 Å². The molecule has 0 aromatic carbocycles. The van der Waals surface area contributed by atoms with Crippen LogP contribution in [0, 0.1) is 5.21 Å². The van der Waals surface area contributed by atoms with Gasteiger partial charge in [-0.05, 0) is 6.54 Å². The summed E-state index contributed by atoms with van der Waals surface area (Å²) in [6, 6.07) is 0. The van der Waals surface area contributed by atoms with Crippen LogP contribution in [0.15, 0.2) is 0 Å². The van der Waals surface area contributed by atoms with Gasteiger partial charge in [-0.15, -0.1) is 0 Å². The molecule has 4 nitrogen and oxygen atoms in total. The fraction of sp³-hybridized carbons (Fsp3) is 1.00. The van der Waals surface area contributed by atoms with Crippen molar-refractivity contribution in [1.29, 1.82) is 0 Å². The SMILES string of the molecule is CCNCCC[N+]1([O-])CCNC1. The monoisotopic (exact) mass is 173 g/mol. The van der Waals surface area contributed by atoms with Crippen LogP contribution in [0.2, 0.25) is 0 Å². The summed E-state index contributed by atoms with van der Waals surface area (Å²) >= 11 is 0. The van der Waals surface area contributed by atoms with Crippen molar-refractivity contribution in [3.05, 3.63) is 5.21 Å². The lowest BCUT2D eigenvalue weighted by Gasteiger charge is -2.37. The van der Waals surface area contributed by atoms with Crippen LogP contribution in [0.25, 0.3) is 0 Å². The molecular weight excluding hydrogens is 154 g/mol. The largest absolute Gasteiger partial charge is 0.632 e. The lowest BCUT2D eigenvalue weighted by Crippen LogP contribution is -2.42. The van der Waals surface area contributed by atoms with Gasteiger partial charge in [0.15, 0.2) is 0 Å². The summed E-state index contributed by atoms with van der Waals surface area (Å²) in [5.41, 5.74) is 0. The molecule has 1 aliphatic rings. The van der Waals surface area contributed by atoms with Crippen molar-refractivity contribution >= 4 is 0 Å². The second-order valence-corrected chi connectivity index (χ2v) is 3.37. The topological polar surface area (TPSA) is 47.1 Å². The normalized spacial score (nSPS) is 29.5. The van der Waals surface area contributed by atoms with E-state index in [0.29, 0.717) is 6.67 Å². The number of hydrogen-bond donors (Lipinski definition) is 2. The Morgan fingerprint density at radius 1 is 1.58 bits per heavy atom. The summed E-state index contributed by atoms with van der Waals surface area (Å²) in [6.07, 6.45) is 0.985. The van der Waals surface area contributed by atoms with E-state index in [-0.39, 0.29) is 4.65 Å². The first-order valence-corrected chi connectivity index (χ1v) is 4.75. The molecule has 2 N–H and O–H groups in total. The molecule has 0 aromatic heterocycles. The molecule has 0 amide bonds. The van der Waals surface area contributed by atoms with E-state index in [4.69, 9.17) is 0 Å². The molecule has 0 bridgehead atoms. The van der Waals surface area contributed by atoms with Gasteiger partial charge < -0.3 is 15.2 Å². The van der Waals surface area contributed by atoms with Crippen molar-refractivity contribution in [2.45, 2.75) is 13.3 Å². The van der Waals surface area contributed by atoms with E-state index < -0.39 is 0 Å². The molecule has 0 aromatic rings. The van der Waals surface area contributed by atoms with Crippen LogP contribution < -0.4 is 10.6 Å². The molecule has 4 heteroatoms. The van der Waals surface area contributed by atoms with Gasteiger partial charge in [0.25, 0.3) is 0 Å². The van der Waals surface area contributed by atoms with Crippen molar-refractivity contribution in [3.8, 4) is 0 Å². The van der Waals surface area contributed by atoms with Gasteiger partial charge in [-0.1, -0.05) is 6.92 Å². The number of rotatable bonds is 5. The van der Waals surface area contributed by atoms with Crippen LogP contribution in [0.4, 0.5) is 0 Å². The zero-order valence-corrected chi connectivity index (χ0v) is 7.81. The van der Waals surface area contributed by atoms with Crippen LogP contribution >= 0.6 is 0 Å². The van der Waals surface area contributed by atoms with Crippen molar-refractivity contribution in [2.24, 2.45) is 0 Å². The van der Waals surface area contributed by atoms with Crippen LogP contribution in [0.3, 0.4) is 0 Å². The van der Waals surface area contributed by atoms with Gasteiger partial charge in [-0.25, -0.2) is 0 Å². The highest BCUT2D eigenvalue weighted by atomic mass is 16.5. The minimum Gasteiger partial charge on any atom is -0.632 e. The van der Waals surface area contributed by atoms with Gasteiger partial charge in [-0.3, -0.25) is 5.32 Å². The average molecular weight is 173 g/mol. The first-order valence-electron chi connectivity index (χ1n) is 4.75. The number of nitrogens with one attached hydrogen (secondary N) is 2. The summed E-state index contributed by atoms with van der Waals surface area (Å²) in [6.45, 7) is 7.03. The number of nitrogens with zero attached hydrogens (tertiary/aromatic N) is 1. The smallest absolute Gasteiger partial charge is 0.132 e. The maximum absolute atomic E-state index is 11.7. The highest BCUT2D eigenvalue weighted by molar-refractivity contribution is 4.55. The molecule has 1 fully saturated rings. The van der Waals surface area contributed by atoms with Gasteiger partial charge in [0.05, 0.1) is 19.6 Å². The van der Waals surface area contributed by atoms with E-state index in [2.05, 4.69) is 17.6 Å². The summed E-state index contributed by atoms with van der Waals surface area (Å²) in [4.78, 5) is 0. The van der Waals surface area contributed by atoms with E-state index in [1.54, 1.807) is 0 Å². The maximum atomic E-state index is 11.7. The van der Waals surface area contributed by atoms with E-state index in [1.165, 1.54) is 0 Å². The maximum Gasteiger partial charge on any atom is 0.132 e. The minimum absolute atomic E-state index is 0.0363. The highest BCUT2D eigenvalue weighted by Gasteiger charge is 2.20. The third-order valence-corrected chi connectivity index (χ3v) is 2.27. The summed E-state index contributed by atoms with van der Waals surface area (Å²) in [7, 11) is 0. The van der Waals surface area contributed by atoms with Crippen LogP contribution in [0.1, 0.15) is 13.3 Å². The molecule has 1 heterocycles. The Morgan fingerprint density at radius 2 is 2.42 bits per heavy atom. The molecule has 1 aliphatic heterocycles. The molecule has 1 unspecified atom stereocenters. The standard InChI is InChI=1S/C8H19N3O/c1-2-9-4-3-6-11(12)7-5-10-8-11/h9-10H,2-8H2,1H3. The lowest BCUT2D eigenvalue weighted by atomic mass is 10.4. The molecule has 1 rings (SSSR count). The van der Waals surface area contributed by atoms with E-state index >= 15 is 0 Å². The Kier molecular flexibility index (Phi) is 3.94. The van der Waals surface area contributed by atoms with Crippen LogP contribution in [0.5, 0.6) is 0 Å². The second kappa shape index (κ2) is 4.77. The molecular formula is C8H19N3O. The van der Waals surface area contributed by atoms with Crippen LogP contribution in [-0.4, -0.2) is 44.0 Å². The van der Waals surface area contributed by atoms with Gasteiger partial charge in [-0.2, -0.15) is 0 Å². The van der Waals surface area contributed by atoms with Crippen LogP contribution in [-0.2, 0) is 0 Å². The van der Waals surface area contributed by atoms with Gasteiger partial charge in [0.1, 0.15) is 6.67 Å². The van der Waals surface area contributed by atoms with Crippen molar-refractivity contribution < 1.29 is 4.65 Å². The number of hydrogen-bond acceptors (Lipinski definition) is 3. The summed E-state index contributed by atoms with van der Waals surface area (Å²) in [5, 5.41) is 18.0. The third kappa shape index (κ3) is 3.06. The second-order valence-electron chi connectivity index (χ2n) is 3.37. The first-order chi connectivity index (χ1) is 5.77. The quantitative estimate of drug-likeness (QED) is 0.345. The molecule has 72 valence electrons. The third-order valence-electron chi connectivity index (χ3n) is 2.27. The predicted octanol–water partition coefficient (Wildman–Crippen LogP) is -0.139. The van der Waals surface area contributed by atoms with E-state index in [0.717, 1.165) is 39.1 Å². The first kappa shape index (κ1) is 9.92. The Bertz CT molecular complexity index is 123. The molecule has 1 atom stereocenters. The fourth-order valence-electron chi connectivity index (χ4n) is 1.50. The number of quaternary nitrogens is 1. The Morgan fingerprint density at radius 3 is 3.00 bits per heavy atom. The fourth-order valence-corrected chi connectivity index (χ4v) is 1.50. The predicted molar refractivity (Wildman–Crippen MR) is 49.4 cm³/mol. The lowest BCUT2D eigenvalue weighted by molar-refractivity contribution is -0.868. The van der Waals surface area contributed by atoms with E-state index in [1.807, 2.05) is 0 Å². The molecule has 0 aliphatic carbocycles. The Hall–Kier alpha value is -0.160. The minimum atomic E-state index is -0.0363. The summed E-state index contributed by atoms with van der Waals surface area (Å²) in [5.74, 6) is 0. The molecule has 0 saturated carbocycles. The van der Waals surface area contributed by atoms with Gasteiger partial charge >= 0.3 is 0 Å². The summed E-state index contributed by atoms with van der Waals surface area (Å²) < 4.78 is -0.0363. The zero-order valence-electron chi connectivity index (χ0n) is 7.81. The average Bonchev–Trinajstić information content (AvgIpc) is 2.47. The van der Waals surface area contributed by atoms with Crippen molar-refractivity contribution in [1.82, 2.24) is 10.6 Å². The highest BCUT2D eigenvalue weighted by Crippen LogP contribution is 2.07. The Labute approximate surface area is 74.1 Å².